The molecule has 5 nitrogen and oxygen atoms in total. The minimum Gasteiger partial charge on any atom is -0.480 e. The molecule has 110 valence electrons. The Hall–Kier alpha value is -1.40. The number of carboxylic acid groups (broad SMARTS) is 1. The van der Waals surface area contributed by atoms with Gasteiger partial charge in [-0.25, -0.2) is 4.79 Å². The van der Waals surface area contributed by atoms with E-state index in [-0.39, 0.29) is 18.9 Å². The summed E-state index contributed by atoms with van der Waals surface area (Å²) < 4.78 is 0. The summed E-state index contributed by atoms with van der Waals surface area (Å²) in [6, 6.07) is 0.841. The minimum atomic E-state index is -1.12. The summed E-state index contributed by atoms with van der Waals surface area (Å²) in [5.41, 5.74) is 1.22. The first-order valence-corrected chi connectivity index (χ1v) is 7.59. The molecular weight excluding hydrogens is 278 g/mol. The van der Waals surface area contributed by atoms with Crippen molar-refractivity contribution in [1.29, 1.82) is 0 Å². The third kappa shape index (κ3) is 3.37. The zero-order valence-electron chi connectivity index (χ0n) is 11.4. The van der Waals surface area contributed by atoms with E-state index in [1.165, 1.54) is 21.8 Å². The first-order valence-electron chi connectivity index (χ1n) is 6.77. The third-order valence-electron chi connectivity index (χ3n) is 3.57. The second kappa shape index (κ2) is 6.37. The molecule has 1 amide bonds. The van der Waals surface area contributed by atoms with Crippen LogP contribution in [0.25, 0.3) is 0 Å². The molecule has 1 aromatic heterocycles. The number of nitrogens with one attached hydrogen (secondary N) is 1. The molecule has 1 heterocycles. The van der Waals surface area contributed by atoms with Crippen LogP contribution in [0.3, 0.4) is 0 Å². The summed E-state index contributed by atoms with van der Waals surface area (Å²) in [6.07, 6.45) is 3.13. The van der Waals surface area contributed by atoms with Gasteiger partial charge in [-0.15, -0.1) is 11.3 Å². The molecule has 0 spiro atoms. The summed E-state index contributed by atoms with van der Waals surface area (Å²) in [6.45, 7) is 1.93. The molecule has 0 aromatic carbocycles. The van der Waals surface area contributed by atoms with E-state index in [2.05, 4.69) is 12.2 Å². The van der Waals surface area contributed by atoms with E-state index < -0.39 is 12.0 Å². The normalized spacial score (nSPS) is 19.2. The largest absolute Gasteiger partial charge is 0.480 e. The first kappa shape index (κ1) is 15.0. The summed E-state index contributed by atoms with van der Waals surface area (Å²) >= 11 is 1.45. The number of carbonyl (C=O) groups is 2. The maximum atomic E-state index is 12.1. The molecule has 0 radical (unpaired) electrons. The zero-order chi connectivity index (χ0) is 14.7. The number of carboxylic acids is 1. The number of carbonyl (C=O) groups excluding carboxylic acids is 1. The molecule has 0 bridgehead atoms. The van der Waals surface area contributed by atoms with Crippen LogP contribution < -0.4 is 5.32 Å². The van der Waals surface area contributed by atoms with E-state index >= 15 is 0 Å². The Bertz CT molecular complexity index is 511. The molecule has 1 aromatic rings. The highest BCUT2D eigenvalue weighted by molar-refractivity contribution is 7.14. The van der Waals surface area contributed by atoms with Gasteiger partial charge >= 0.3 is 5.97 Å². The van der Waals surface area contributed by atoms with Crippen molar-refractivity contribution >= 4 is 23.2 Å². The standard InChI is InChI=1S/C14H19NO4S/c1-8-2-3-11-9(6-8)7-12(20-11)13(17)15-10(4-5-16)14(18)19/h7-8,10,16H,2-6H2,1H3,(H,15,17)(H,18,19)/t8?,10-/m1/s1. The molecule has 2 atom stereocenters. The highest BCUT2D eigenvalue weighted by Crippen LogP contribution is 2.32. The molecule has 0 saturated heterocycles. The van der Waals surface area contributed by atoms with E-state index in [1.807, 2.05) is 6.07 Å². The zero-order valence-corrected chi connectivity index (χ0v) is 12.2. The molecule has 1 unspecified atom stereocenters. The van der Waals surface area contributed by atoms with Crippen LogP contribution >= 0.6 is 11.3 Å². The monoisotopic (exact) mass is 297 g/mol. The summed E-state index contributed by atoms with van der Waals surface area (Å²) in [4.78, 5) is 24.9. The topological polar surface area (TPSA) is 86.6 Å². The number of hydrogen-bond donors (Lipinski definition) is 3. The molecule has 20 heavy (non-hydrogen) atoms. The summed E-state index contributed by atoms with van der Waals surface area (Å²) in [5.74, 6) is -0.852. The van der Waals surface area contributed by atoms with Crippen LogP contribution in [0.4, 0.5) is 0 Å². The molecule has 0 aliphatic heterocycles. The number of aliphatic carboxylic acids is 1. The predicted octanol–water partition coefficient (Wildman–Crippen LogP) is 1.44. The number of aliphatic hydroxyl groups is 1. The van der Waals surface area contributed by atoms with E-state index in [4.69, 9.17) is 10.2 Å². The maximum Gasteiger partial charge on any atom is 0.326 e. The Balaban J connectivity index is 2.08. The van der Waals surface area contributed by atoms with Crippen molar-refractivity contribution in [3.63, 3.8) is 0 Å². The van der Waals surface area contributed by atoms with Crippen molar-refractivity contribution in [3.05, 3.63) is 21.4 Å². The lowest BCUT2D eigenvalue weighted by molar-refractivity contribution is -0.139. The highest BCUT2D eigenvalue weighted by Gasteiger charge is 2.24. The fourth-order valence-corrected chi connectivity index (χ4v) is 3.55. The van der Waals surface area contributed by atoms with E-state index in [0.29, 0.717) is 10.8 Å². The van der Waals surface area contributed by atoms with E-state index in [0.717, 1.165) is 19.3 Å². The van der Waals surface area contributed by atoms with E-state index in [1.54, 1.807) is 0 Å². The average Bonchev–Trinajstić information content (AvgIpc) is 2.80. The van der Waals surface area contributed by atoms with Crippen LogP contribution in [0.2, 0.25) is 0 Å². The van der Waals surface area contributed by atoms with Crippen molar-refractivity contribution in [2.75, 3.05) is 6.61 Å². The van der Waals surface area contributed by atoms with Gasteiger partial charge in [-0.3, -0.25) is 4.79 Å². The van der Waals surface area contributed by atoms with Crippen molar-refractivity contribution in [2.24, 2.45) is 5.92 Å². The Labute approximate surface area is 121 Å². The van der Waals surface area contributed by atoms with Gasteiger partial charge in [-0.1, -0.05) is 6.92 Å². The number of aliphatic hydroxyl groups excluding tert-OH is 1. The Morgan fingerprint density at radius 1 is 1.55 bits per heavy atom. The van der Waals surface area contributed by atoms with Gasteiger partial charge in [0.15, 0.2) is 0 Å². The number of amides is 1. The molecule has 2 rings (SSSR count). The van der Waals surface area contributed by atoms with Crippen molar-refractivity contribution in [1.82, 2.24) is 5.32 Å². The molecule has 0 fully saturated rings. The smallest absolute Gasteiger partial charge is 0.326 e. The van der Waals surface area contributed by atoms with Crippen LogP contribution in [0.15, 0.2) is 6.07 Å². The average molecular weight is 297 g/mol. The van der Waals surface area contributed by atoms with Crippen molar-refractivity contribution < 1.29 is 19.8 Å². The van der Waals surface area contributed by atoms with E-state index in [9.17, 15) is 9.59 Å². The lowest BCUT2D eigenvalue weighted by Gasteiger charge is -2.16. The van der Waals surface area contributed by atoms with Crippen LogP contribution in [-0.2, 0) is 17.6 Å². The predicted molar refractivity (Wildman–Crippen MR) is 76.1 cm³/mol. The van der Waals surface area contributed by atoms with Crippen LogP contribution in [0.5, 0.6) is 0 Å². The van der Waals surface area contributed by atoms with Gasteiger partial charge in [-0.2, -0.15) is 0 Å². The van der Waals surface area contributed by atoms with Gasteiger partial charge in [-0.05, 0) is 36.8 Å². The number of thiophene rings is 1. The van der Waals surface area contributed by atoms with Gasteiger partial charge in [0.25, 0.3) is 5.91 Å². The highest BCUT2D eigenvalue weighted by atomic mass is 32.1. The Kier molecular flexibility index (Phi) is 4.77. The Morgan fingerprint density at radius 2 is 2.30 bits per heavy atom. The van der Waals surface area contributed by atoms with Crippen molar-refractivity contribution in [2.45, 2.75) is 38.6 Å². The second-order valence-corrected chi connectivity index (χ2v) is 6.42. The molecule has 6 heteroatoms. The molecular formula is C14H19NO4S. The fourth-order valence-electron chi connectivity index (χ4n) is 2.43. The summed E-state index contributed by atoms with van der Waals surface area (Å²) in [5, 5.41) is 20.3. The molecule has 1 aliphatic rings. The van der Waals surface area contributed by atoms with Gasteiger partial charge < -0.3 is 15.5 Å². The number of hydrogen-bond acceptors (Lipinski definition) is 4. The van der Waals surface area contributed by atoms with Crippen molar-refractivity contribution in [3.8, 4) is 0 Å². The first-order chi connectivity index (χ1) is 9.51. The third-order valence-corrected chi connectivity index (χ3v) is 4.81. The summed E-state index contributed by atoms with van der Waals surface area (Å²) in [7, 11) is 0. The fraction of sp³-hybridized carbons (Fsp3) is 0.571. The molecule has 1 aliphatic carbocycles. The van der Waals surface area contributed by atoms with Gasteiger partial charge in [0.2, 0.25) is 0 Å². The maximum absolute atomic E-state index is 12.1. The van der Waals surface area contributed by atoms with Crippen LogP contribution in [0.1, 0.15) is 39.9 Å². The van der Waals surface area contributed by atoms with Crippen LogP contribution in [-0.4, -0.2) is 34.7 Å². The lowest BCUT2D eigenvalue weighted by atomic mass is 9.90. The lowest BCUT2D eigenvalue weighted by Crippen LogP contribution is -2.41. The SMILES string of the molecule is CC1CCc2sc(C(=O)N[C@H](CCO)C(=O)O)cc2C1. The number of aryl methyl sites for hydroxylation is 1. The molecule has 3 N–H and O–H groups in total. The van der Waals surface area contributed by atoms with Crippen LogP contribution in [0, 0.1) is 5.92 Å². The minimum absolute atomic E-state index is 0.0171. The Morgan fingerprint density at radius 3 is 2.95 bits per heavy atom. The van der Waals surface area contributed by atoms with Gasteiger partial charge in [0.1, 0.15) is 6.04 Å². The van der Waals surface area contributed by atoms with Gasteiger partial charge in [0, 0.05) is 17.9 Å². The number of rotatable bonds is 5. The second-order valence-electron chi connectivity index (χ2n) is 5.28. The molecule has 0 saturated carbocycles. The van der Waals surface area contributed by atoms with Gasteiger partial charge in [0.05, 0.1) is 4.88 Å². The quantitative estimate of drug-likeness (QED) is 0.767. The number of fused-ring (bicyclic) bond motifs is 1.